The van der Waals surface area contributed by atoms with Gasteiger partial charge in [0.2, 0.25) is 0 Å². The molecule has 3 N–H and O–H groups in total. The molecule has 0 spiro atoms. The van der Waals surface area contributed by atoms with E-state index in [0.29, 0.717) is 23.9 Å². The number of urea groups is 1. The number of methoxy groups -OCH3 is 1. The maximum Gasteiger partial charge on any atom is 0.335 e. The van der Waals surface area contributed by atoms with Gasteiger partial charge < -0.3 is 20.5 Å². The molecule has 0 aliphatic rings. The van der Waals surface area contributed by atoms with Crippen molar-refractivity contribution in [3.8, 4) is 5.75 Å². The first-order valence-corrected chi connectivity index (χ1v) is 5.90. The SMILES string of the molecule is COc1ccc(C(=O)O)cc1NC(=O)NCC(C)C. The summed E-state index contributed by atoms with van der Waals surface area (Å²) in [4.78, 5) is 22.5. The van der Waals surface area contributed by atoms with Gasteiger partial charge in [-0.15, -0.1) is 0 Å². The number of amides is 2. The first-order valence-electron chi connectivity index (χ1n) is 5.90. The van der Waals surface area contributed by atoms with E-state index >= 15 is 0 Å². The molecule has 1 aromatic carbocycles. The van der Waals surface area contributed by atoms with Crippen LogP contribution in [0.2, 0.25) is 0 Å². The molecular formula is C13H18N2O4. The molecule has 2 amide bonds. The Kier molecular flexibility index (Phi) is 5.17. The summed E-state index contributed by atoms with van der Waals surface area (Å²) in [6.45, 7) is 4.49. The highest BCUT2D eigenvalue weighted by atomic mass is 16.5. The quantitative estimate of drug-likeness (QED) is 0.762. The van der Waals surface area contributed by atoms with Crippen molar-refractivity contribution in [2.45, 2.75) is 13.8 Å². The van der Waals surface area contributed by atoms with Crippen molar-refractivity contribution in [1.29, 1.82) is 0 Å². The van der Waals surface area contributed by atoms with Crippen LogP contribution in [-0.4, -0.2) is 30.8 Å². The van der Waals surface area contributed by atoms with E-state index in [-0.39, 0.29) is 5.56 Å². The maximum atomic E-state index is 11.6. The number of hydrogen-bond acceptors (Lipinski definition) is 3. The Morgan fingerprint density at radius 1 is 1.37 bits per heavy atom. The molecular weight excluding hydrogens is 248 g/mol. The Morgan fingerprint density at radius 3 is 2.58 bits per heavy atom. The summed E-state index contributed by atoms with van der Waals surface area (Å²) in [5.41, 5.74) is 0.406. The van der Waals surface area contributed by atoms with Gasteiger partial charge in [0.25, 0.3) is 0 Å². The lowest BCUT2D eigenvalue weighted by Gasteiger charge is -2.12. The first-order chi connectivity index (χ1) is 8.93. The lowest BCUT2D eigenvalue weighted by atomic mass is 10.2. The van der Waals surface area contributed by atoms with Crippen LogP contribution in [0, 0.1) is 5.92 Å². The molecule has 0 bridgehead atoms. The Bertz CT molecular complexity index is 472. The molecule has 19 heavy (non-hydrogen) atoms. The van der Waals surface area contributed by atoms with Gasteiger partial charge in [0.1, 0.15) is 5.75 Å². The number of benzene rings is 1. The summed E-state index contributed by atoms with van der Waals surface area (Å²) >= 11 is 0. The third kappa shape index (κ3) is 4.50. The zero-order valence-corrected chi connectivity index (χ0v) is 11.2. The molecule has 1 rings (SSSR count). The fraction of sp³-hybridized carbons (Fsp3) is 0.385. The van der Waals surface area contributed by atoms with Crippen LogP contribution in [0.3, 0.4) is 0 Å². The predicted molar refractivity (Wildman–Crippen MR) is 71.8 cm³/mol. The largest absolute Gasteiger partial charge is 0.495 e. The molecule has 104 valence electrons. The number of hydrogen-bond donors (Lipinski definition) is 3. The molecule has 6 nitrogen and oxygen atoms in total. The van der Waals surface area contributed by atoms with Crippen LogP contribution in [-0.2, 0) is 0 Å². The van der Waals surface area contributed by atoms with Gasteiger partial charge in [-0.05, 0) is 24.1 Å². The topological polar surface area (TPSA) is 87.7 Å². The number of ether oxygens (including phenoxy) is 1. The van der Waals surface area contributed by atoms with Gasteiger partial charge in [0, 0.05) is 6.54 Å². The second-order valence-electron chi connectivity index (χ2n) is 4.45. The van der Waals surface area contributed by atoms with Gasteiger partial charge in [-0.1, -0.05) is 13.8 Å². The second kappa shape index (κ2) is 6.63. The summed E-state index contributed by atoms with van der Waals surface area (Å²) in [6, 6.07) is 3.88. The number of carbonyl (C=O) groups is 2. The van der Waals surface area contributed by atoms with Crippen molar-refractivity contribution in [2.75, 3.05) is 19.0 Å². The zero-order valence-electron chi connectivity index (χ0n) is 11.2. The smallest absolute Gasteiger partial charge is 0.335 e. The molecule has 0 fully saturated rings. The molecule has 0 saturated carbocycles. The summed E-state index contributed by atoms with van der Waals surface area (Å²) in [7, 11) is 1.45. The molecule has 0 aliphatic carbocycles. The van der Waals surface area contributed by atoms with E-state index in [1.165, 1.54) is 25.3 Å². The summed E-state index contributed by atoms with van der Waals surface area (Å²) in [6.07, 6.45) is 0. The number of anilines is 1. The first kappa shape index (κ1) is 14.8. The number of carbonyl (C=O) groups excluding carboxylic acids is 1. The molecule has 0 aromatic heterocycles. The fourth-order valence-corrected chi connectivity index (χ4v) is 1.40. The van der Waals surface area contributed by atoms with Gasteiger partial charge in [-0.2, -0.15) is 0 Å². The Morgan fingerprint density at radius 2 is 2.05 bits per heavy atom. The normalized spacial score (nSPS) is 10.1. The van der Waals surface area contributed by atoms with Gasteiger partial charge in [0.05, 0.1) is 18.4 Å². The molecule has 1 aromatic rings. The van der Waals surface area contributed by atoms with Gasteiger partial charge >= 0.3 is 12.0 Å². The van der Waals surface area contributed by atoms with E-state index in [9.17, 15) is 9.59 Å². The van der Waals surface area contributed by atoms with E-state index in [0.717, 1.165) is 0 Å². The highest BCUT2D eigenvalue weighted by Crippen LogP contribution is 2.25. The van der Waals surface area contributed by atoms with Crippen LogP contribution < -0.4 is 15.4 Å². The van der Waals surface area contributed by atoms with Gasteiger partial charge in [-0.25, -0.2) is 9.59 Å². The lowest BCUT2D eigenvalue weighted by molar-refractivity contribution is 0.0697. The number of rotatable bonds is 5. The second-order valence-corrected chi connectivity index (χ2v) is 4.45. The third-order valence-corrected chi connectivity index (χ3v) is 2.37. The van der Waals surface area contributed by atoms with E-state index in [1.807, 2.05) is 13.8 Å². The minimum Gasteiger partial charge on any atom is -0.495 e. The van der Waals surface area contributed by atoms with E-state index in [1.54, 1.807) is 0 Å². The van der Waals surface area contributed by atoms with Crippen LogP contribution in [0.15, 0.2) is 18.2 Å². The summed E-state index contributed by atoms with van der Waals surface area (Å²) in [5.74, 6) is -0.323. The molecule has 0 saturated heterocycles. The highest BCUT2D eigenvalue weighted by Gasteiger charge is 2.11. The Labute approximate surface area is 111 Å². The predicted octanol–water partition coefficient (Wildman–Crippen LogP) is 2.17. The summed E-state index contributed by atoms with van der Waals surface area (Å²) in [5, 5.41) is 14.2. The van der Waals surface area contributed by atoms with Crippen molar-refractivity contribution in [3.63, 3.8) is 0 Å². The van der Waals surface area contributed by atoms with E-state index in [4.69, 9.17) is 9.84 Å². The maximum absolute atomic E-state index is 11.6. The van der Waals surface area contributed by atoms with Crippen molar-refractivity contribution in [1.82, 2.24) is 5.32 Å². The van der Waals surface area contributed by atoms with Crippen molar-refractivity contribution < 1.29 is 19.4 Å². The molecule has 0 aliphatic heterocycles. The number of carboxylic acids is 1. The minimum atomic E-state index is -1.06. The number of aromatic carboxylic acids is 1. The Balaban J connectivity index is 2.82. The van der Waals surface area contributed by atoms with Crippen LogP contribution in [0.25, 0.3) is 0 Å². The molecule has 6 heteroatoms. The van der Waals surface area contributed by atoms with E-state index < -0.39 is 12.0 Å². The molecule has 0 radical (unpaired) electrons. The standard InChI is InChI=1S/C13H18N2O4/c1-8(2)7-14-13(18)15-10-6-9(12(16)17)4-5-11(10)19-3/h4-6,8H,7H2,1-3H3,(H,16,17)(H2,14,15,18). The fourth-order valence-electron chi connectivity index (χ4n) is 1.40. The van der Waals surface area contributed by atoms with Crippen LogP contribution >= 0.6 is 0 Å². The van der Waals surface area contributed by atoms with Crippen molar-refractivity contribution >= 4 is 17.7 Å². The molecule has 0 heterocycles. The average molecular weight is 266 g/mol. The monoisotopic (exact) mass is 266 g/mol. The molecule has 0 unspecified atom stereocenters. The Hall–Kier alpha value is -2.24. The molecule has 0 atom stereocenters. The third-order valence-electron chi connectivity index (χ3n) is 2.37. The van der Waals surface area contributed by atoms with Crippen molar-refractivity contribution in [2.24, 2.45) is 5.92 Å². The zero-order chi connectivity index (χ0) is 14.4. The van der Waals surface area contributed by atoms with Crippen LogP contribution in [0.1, 0.15) is 24.2 Å². The summed E-state index contributed by atoms with van der Waals surface area (Å²) < 4.78 is 5.07. The van der Waals surface area contributed by atoms with E-state index in [2.05, 4.69) is 10.6 Å². The van der Waals surface area contributed by atoms with Gasteiger partial charge in [-0.3, -0.25) is 0 Å². The van der Waals surface area contributed by atoms with Crippen LogP contribution in [0.4, 0.5) is 10.5 Å². The van der Waals surface area contributed by atoms with Crippen molar-refractivity contribution in [3.05, 3.63) is 23.8 Å². The number of nitrogens with one attached hydrogen (secondary N) is 2. The lowest BCUT2D eigenvalue weighted by Crippen LogP contribution is -2.31. The van der Waals surface area contributed by atoms with Gasteiger partial charge in [0.15, 0.2) is 0 Å². The number of carboxylic acid groups (broad SMARTS) is 1. The average Bonchev–Trinajstić information content (AvgIpc) is 2.36. The minimum absolute atomic E-state index is 0.0833. The van der Waals surface area contributed by atoms with Crippen LogP contribution in [0.5, 0.6) is 5.75 Å². The highest BCUT2D eigenvalue weighted by molar-refractivity contribution is 5.94.